The van der Waals surface area contributed by atoms with Gasteiger partial charge in [-0.1, -0.05) is 79.9 Å². The topological polar surface area (TPSA) is 156 Å². The molecule has 0 heterocycles. The zero-order valence-corrected chi connectivity index (χ0v) is 25.5. The molecule has 4 amide bonds. The van der Waals surface area contributed by atoms with Gasteiger partial charge in [-0.25, -0.2) is 9.69 Å². The number of hydrogen-bond donors (Lipinski definition) is 3. The number of amides is 4. The molecule has 0 aliphatic heterocycles. The molecule has 0 spiro atoms. The Kier molecular flexibility index (Phi) is 12.3. The third-order valence-corrected chi connectivity index (χ3v) is 7.74. The summed E-state index contributed by atoms with van der Waals surface area (Å²) in [4.78, 5) is 56.0. The maximum atomic E-state index is 14.3. The van der Waals surface area contributed by atoms with Gasteiger partial charge in [0.2, 0.25) is 11.8 Å². The number of nitrogens with zero attached hydrogens (tertiary/aromatic N) is 2. The van der Waals surface area contributed by atoms with Gasteiger partial charge in [0.25, 0.3) is 5.91 Å². The van der Waals surface area contributed by atoms with Crippen LogP contribution in [0.1, 0.15) is 76.8 Å². The van der Waals surface area contributed by atoms with E-state index < -0.39 is 48.2 Å². The van der Waals surface area contributed by atoms with Crippen LogP contribution in [0.3, 0.4) is 0 Å². The van der Waals surface area contributed by atoms with E-state index >= 15 is 0 Å². The normalized spacial score (nSPS) is 16.0. The van der Waals surface area contributed by atoms with Crippen molar-refractivity contribution in [3.05, 3.63) is 71.8 Å². The van der Waals surface area contributed by atoms with Gasteiger partial charge in [0.05, 0.1) is 18.6 Å². The average Bonchev–Trinajstić information content (AvgIpc) is 2.98. The van der Waals surface area contributed by atoms with Crippen LogP contribution < -0.4 is 11.5 Å². The summed E-state index contributed by atoms with van der Waals surface area (Å²) in [5.74, 6) is -2.38. The zero-order chi connectivity index (χ0) is 31.6. The lowest BCUT2D eigenvalue weighted by Gasteiger charge is -2.48. The summed E-state index contributed by atoms with van der Waals surface area (Å²) >= 11 is 0. The van der Waals surface area contributed by atoms with Crippen molar-refractivity contribution in [1.82, 2.24) is 9.80 Å². The van der Waals surface area contributed by atoms with Crippen LogP contribution in [0.25, 0.3) is 0 Å². The van der Waals surface area contributed by atoms with Crippen LogP contribution in [0.5, 0.6) is 0 Å². The van der Waals surface area contributed by atoms with E-state index in [1.807, 2.05) is 36.4 Å². The lowest BCUT2D eigenvalue weighted by molar-refractivity contribution is -0.164. The first-order valence-electron chi connectivity index (χ1n) is 15.0. The third kappa shape index (κ3) is 9.62. The smallest absolute Gasteiger partial charge is 0.418 e. The van der Waals surface area contributed by atoms with Gasteiger partial charge in [0.1, 0.15) is 12.8 Å². The molecule has 0 radical (unpaired) electrons. The Labute approximate surface area is 254 Å². The summed E-state index contributed by atoms with van der Waals surface area (Å²) in [6.07, 6.45) is 0.278. The van der Waals surface area contributed by atoms with E-state index in [0.717, 1.165) is 29.7 Å². The van der Waals surface area contributed by atoms with Crippen LogP contribution in [0.15, 0.2) is 60.7 Å². The molecule has 234 valence electrons. The van der Waals surface area contributed by atoms with E-state index in [1.54, 1.807) is 45.0 Å². The number of ether oxygens (including phenoxy) is 1. The second kappa shape index (κ2) is 15.6. The Bertz CT molecular complexity index is 1210. The van der Waals surface area contributed by atoms with Crippen LogP contribution in [0.4, 0.5) is 4.79 Å². The second-order valence-corrected chi connectivity index (χ2v) is 12.2. The molecule has 10 heteroatoms. The second-order valence-electron chi connectivity index (χ2n) is 12.2. The van der Waals surface area contributed by atoms with Crippen molar-refractivity contribution in [2.45, 2.75) is 103 Å². The third-order valence-electron chi connectivity index (χ3n) is 7.74. The minimum absolute atomic E-state index is 0.125. The highest BCUT2D eigenvalue weighted by Crippen LogP contribution is 2.32. The quantitative estimate of drug-likeness (QED) is 0.315. The van der Waals surface area contributed by atoms with Gasteiger partial charge < -0.3 is 26.2 Å². The molecule has 5 N–H and O–H groups in total. The molecule has 3 rings (SSSR count). The van der Waals surface area contributed by atoms with E-state index in [1.165, 1.54) is 4.90 Å². The Hall–Kier alpha value is -3.76. The summed E-state index contributed by atoms with van der Waals surface area (Å²) in [5, 5.41) is 11.8. The minimum atomic E-state index is -1.49. The number of carbonyl (C=O) groups is 4. The number of aliphatic hydroxyl groups is 1. The summed E-state index contributed by atoms with van der Waals surface area (Å²) in [6, 6.07) is 16.9. The zero-order valence-electron chi connectivity index (χ0n) is 25.5. The fourth-order valence-electron chi connectivity index (χ4n) is 5.57. The Morgan fingerprint density at radius 1 is 0.930 bits per heavy atom. The van der Waals surface area contributed by atoms with Gasteiger partial charge in [-0.3, -0.25) is 14.4 Å². The molecule has 2 aromatic rings. The van der Waals surface area contributed by atoms with Crippen molar-refractivity contribution in [2.24, 2.45) is 17.4 Å². The first-order chi connectivity index (χ1) is 20.4. The van der Waals surface area contributed by atoms with Crippen LogP contribution in [-0.4, -0.2) is 62.6 Å². The number of rotatable bonds is 12. The Balaban J connectivity index is 2.08. The van der Waals surface area contributed by atoms with Gasteiger partial charge in [-0.2, -0.15) is 0 Å². The number of hydrogen-bond acceptors (Lipinski definition) is 7. The number of carbonyl (C=O) groups excluding carboxylic acids is 4. The molecule has 43 heavy (non-hydrogen) atoms. The number of primary amides is 1. The molecule has 0 saturated heterocycles. The van der Waals surface area contributed by atoms with Crippen molar-refractivity contribution in [3.8, 4) is 0 Å². The highest BCUT2D eigenvalue weighted by molar-refractivity contribution is 5.98. The van der Waals surface area contributed by atoms with Crippen molar-refractivity contribution < 1.29 is 29.0 Å². The lowest BCUT2D eigenvalue weighted by atomic mass is 9.86. The van der Waals surface area contributed by atoms with Gasteiger partial charge >= 0.3 is 6.09 Å². The molecule has 1 saturated carbocycles. The highest BCUT2D eigenvalue weighted by atomic mass is 16.6. The van der Waals surface area contributed by atoms with Gasteiger partial charge in [0, 0.05) is 11.5 Å². The SMILES string of the molecule is CC(C)(C)N(C(=O)C1CCCCC1)[C@@H]([C@H](O)CCc1ccccc1)N(C(=O)OCc1ccccc1)C(=O)[C@@H](N)CC(N)=O. The van der Waals surface area contributed by atoms with Crippen LogP contribution in [-0.2, 0) is 32.1 Å². The number of imide groups is 1. The van der Waals surface area contributed by atoms with Crippen LogP contribution >= 0.6 is 0 Å². The van der Waals surface area contributed by atoms with E-state index in [-0.39, 0.29) is 24.9 Å². The number of aryl methyl sites for hydroxylation is 1. The van der Waals surface area contributed by atoms with Crippen LogP contribution in [0, 0.1) is 5.92 Å². The summed E-state index contributed by atoms with van der Waals surface area (Å²) < 4.78 is 5.59. The van der Waals surface area contributed by atoms with Crippen molar-refractivity contribution in [3.63, 3.8) is 0 Å². The minimum Gasteiger partial charge on any atom is -0.444 e. The Morgan fingerprint density at radius 3 is 2.02 bits per heavy atom. The standard InChI is InChI=1S/C33H46N4O6/c1-33(2,3)37(30(40)25-17-11-6-12-18-25)29(27(38)20-19-23-13-7-4-8-14-23)36(31(41)26(34)21-28(35)39)32(42)43-22-24-15-9-5-10-16-24/h4-5,7-10,13-16,25-27,29,38H,6,11-12,17-22,34H2,1-3H3,(H2,35,39)/t26-,27+,29-/m0/s1. The predicted molar refractivity (Wildman–Crippen MR) is 163 cm³/mol. The molecule has 0 aromatic heterocycles. The molecular weight excluding hydrogens is 548 g/mol. The van der Waals surface area contributed by atoms with Gasteiger partial charge in [0.15, 0.2) is 0 Å². The summed E-state index contributed by atoms with van der Waals surface area (Å²) in [5.41, 5.74) is 12.2. The van der Waals surface area contributed by atoms with Crippen LogP contribution in [0.2, 0.25) is 0 Å². The van der Waals surface area contributed by atoms with Gasteiger partial charge in [-0.15, -0.1) is 0 Å². The fraction of sp³-hybridized carbons (Fsp3) is 0.515. The fourth-order valence-corrected chi connectivity index (χ4v) is 5.57. The molecule has 1 fully saturated rings. The lowest BCUT2D eigenvalue weighted by Crippen LogP contribution is -2.67. The summed E-state index contributed by atoms with van der Waals surface area (Å²) in [6.45, 7) is 5.23. The number of nitrogens with two attached hydrogens (primary N) is 2. The van der Waals surface area contributed by atoms with Crippen molar-refractivity contribution >= 4 is 23.8 Å². The molecule has 3 atom stereocenters. The molecule has 0 unspecified atom stereocenters. The largest absolute Gasteiger partial charge is 0.444 e. The van der Waals surface area contributed by atoms with Crippen molar-refractivity contribution in [2.75, 3.05) is 0 Å². The summed E-state index contributed by atoms with van der Waals surface area (Å²) in [7, 11) is 0. The maximum absolute atomic E-state index is 14.3. The van der Waals surface area contributed by atoms with Gasteiger partial charge in [-0.05, 0) is 57.6 Å². The first kappa shape index (κ1) is 33.7. The molecule has 1 aliphatic carbocycles. The Morgan fingerprint density at radius 2 is 1.49 bits per heavy atom. The molecule has 0 bridgehead atoms. The monoisotopic (exact) mass is 594 g/mol. The van der Waals surface area contributed by atoms with E-state index in [2.05, 4.69) is 0 Å². The molecule has 2 aromatic carbocycles. The van der Waals surface area contributed by atoms with Crippen molar-refractivity contribution in [1.29, 1.82) is 0 Å². The number of benzene rings is 2. The molecule has 10 nitrogen and oxygen atoms in total. The van der Waals surface area contributed by atoms with E-state index in [0.29, 0.717) is 24.8 Å². The maximum Gasteiger partial charge on any atom is 0.418 e. The predicted octanol–water partition coefficient (Wildman–Crippen LogP) is 3.88. The first-order valence-corrected chi connectivity index (χ1v) is 15.0. The molecular formula is C33H46N4O6. The molecule has 1 aliphatic rings. The van der Waals surface area contributed by atoms with E-state index in [9.17, 15) is 24.3 Å². The average molecular weight is 595 g/mol. The highest BCUT2D eigenvalue weighted by Gasteiger charge is 2.48. The van der Waals surface area contributed by atoms with E-state index in [4.69, 9.17) is 16.2 Å². The number of aliphatic hydroxyl groups excluding tert-OH is 1.